The van der Waals surface area contributed by atoms with Crippen LogP contribution >= 0.6 is 0 Å². The van der Waals surface area contributed by atoms with Gasteiger partial charge in [0.05, 0.1) is 5.52 Å². The molecule has 2 heterocycles. The SMILES string of the molecule is CC(C)Nc1nc(Nc2ccc3c(c2)OCO3)nc2ccccc12. The quantitative estimate of drug-likeness (QED) is 0.759. The number of nitrogens with zero attached hydrogens (tertiary/aromatic N) is 2. The Bertz CT molecular complexity index is 895. The monoisotopic (exact) mass is 322 g/mol. The minimum Gasteiger partial charge on any atom is -0.454 e. The fourth-order valence-electron chi connectivity index (χ4n) is 2.62. The molecule has 0 unspecified atom stereocenters. The topological polar surface area (TPSA) is 68.3 Å². The van der Waals surface area contributed by atoms with E-state index in [2.05, 4.69) is 34.4 Å². The van der Waals surface area contributed by atoms with Crippen molar-refractivity contribution in [1.29, 1.82) is 0 Å². The van der Waals surface area contributed by atoms with Crippen LogP contribution in [0.1, 0.15) is 13.8 Å². The summed E-state index contributed by atoms with van der Waals surface area (Å²) in [5, 5.41) is 7.62. The zero-order valence-corrected chi connectivity index (χ0v) is 13.5. The van der Waals surface area contributed by atoms with Gasteiger partial charge in [-0.1, -0.05) is 12.1 Å². The van der Waals surface area contributed by atoms with Crippen molar-refractivity contribution in [3.63, 3.8) is 0 Å². The summed E-state index contributed by atoms with van der Waals surface area (Å²) in [6.07, 6.45) is 0. The van der Waals surface area contributed by atoms with Gasteiger partial charge in [-0.2, -0.15) is 4.98 Å². The van der Waals surface area contributed by atoms with Crippen molar-refractivity contribution < 1.29 is 9.47 Å². The van der Waals surface area contributed by atoms with Crippen LogP contribution in [0.5, 0.6) is 11.5 Å². The molecule has 0 fully saturated rings. The van der Waals surface area contributed by atoms with Gasteiger partial charge in [0, 0.05) is 23.2 Å². The standard InChI is InChI=1S/C18H18N4O2/c1-11(2)19-17-13-5-3-4-6-14(13)21-18(22-17)20-12-7-8-15-16(9-12)24-10-23-15/h3-9,11H,10H2,1-2H3,(H2,19,20,21,22). The Morgan fingerprint density at radius 2 is 1.83 bits per heavy atom. The molecular formula is C18H18N4O2. The highest BCUT2D eigenvalue weighted by atomic mass is 16.7. The number of hydrogen-bond donors (Lipinski definition) is 2. The number of benzene rings is 2. The molecule has 6 nitrogen and oxygen atoms in total. The van der Waals surface area contributed by atoms with Crippen LogP contribution < -0.4 is 20.1 Å². The molecule has 0 spiro atoms. The first-order valence-corrected chi connectivity index (χ1v) is 7.89. The van der Waals surface area contributed by atoms with E-state index in [9.17, 15) is 0 Å². The van der Waals surface area contributed by atoms with Crippen molar-refractivity contribution in [3.05, 3.63) is 42.5 Å². The third-order valence-corrected chi connectivity index (χ3v) is 3.66. The lowest BCUT2D eigenvalue weighted by Gasteiger charge is -2.14. The third-order valence-electron chi connectivity index (χ3n) is 3.66. The summed E-state index contributed by atoms with van der Waals surface area (Å²) in [4.78, 5) is 9.22. The van der Waals surface area contributed by atoms with E-state index in [1.54, 1.807) is 0 Å². The average molecular weight is 322 g/mol. The number of aromatic nitrogens is 2. The smallest absolute Gasteiger partial charge is 0.231 e. The first-order valence-electron chi connectivity index (χ1n) is 7.89. The molecule has 3 aromatic rings. The van der Waals surface area contributed by atoms with Crippen molar-refractivity contribution in [3.8, 4) is 11.5 Å². The maximum Gasteiger partial charge on any atom is 0.231 e. The van der Waals surface area contributed by atoms with E-state index >= 15 is 0 Å². The van der Waals surface area contributed by atoms with Crippen molar-refractivity contribution in [2.24, 2.45) is 0 Å². The number of fused-ring (bicyclic) bond motifs is 2. The molecule has 0 radical (unpaired) electrons. The van der Waals surface area contributed by atoms with Gasteiger partial charge >= 0.3 is 0 Å². The summed E-state index contributed by atoms with van der Waals surface area (Å²) in [6.45, 7) is 4.43. The number of ether oxygens (including phenoxy) is 2. The first kappa shape index (κ1) is 14.6. The van der Waals surface area contributed by atoms with Crippen LogP contribution in [-0.2, 0) is 0 Å². The van der Waals surface area contributed by atoms with Crippen LogP contribution in [0, 0.1) is 0 Å². The van der Waals surface area contributed by atoms with Gasteiger partial charge in [0.1, 0.15) is 5.82 Å². The summed E-state index contributed by atoms with van der Waals surface area (Å²) < 4.78 is 10.7. The largest absolute Gasteiger partial charge is 0.454 e. The molecule has 0 saturated carbocycles. The Kier molecular flexibility index (Phi) is 3.57. The molecule has 6 heteroatoms. The maximum atomic E-state index is 5.41. The highest BCUT2D eigenvalue weighted by Crippen LogP contribution is 2.35. The van der Waals surface area contributed by atoms with Crippen molar-refractivity contribution in [1.82, 2.24) is 9.97 Å². The normalized spacial score (nSPS) is 12.6. The number of nitrogens with one attached hydrogen (secondary N) is 2. The van der Waals surface area contributed by atoms with Crippen LogP contribution in [-0.4, -0.2) is 22.8 Å². The highest BCUT2D eigenvalue weighted by molar-refractivity contribution is 5.90. The molecule has 122 valence electrons. The number of anilines is 3. The van der Waals surface area contributed by atoms with E-state index in [1.165, 1.54) is 0 Å². The fourth-order valence-corrected chi connectivity index (χ4v) is 2.62. The van der Waals surface area contributed by atoms with Gasteiger partial charge in [0.25, 0.3) is 0 Å². The second-order valence-electron chi connectivity index (χ2n) is 5.91. The highest BCUT2D eigenvalue weighted by Gasteiger charge is 2.14. The third kappa shape index (κ3) is 2.78. The predicted octanol–water partition coefficient (Wildman–Crippen LogP) is 3.92. The van der Waals surface area contributed by atoms with Gasteiger partial charge in [-0.3, -0.25) is 0 Å². The molecule has 4 rings (SSSR count). The Balaban J connectivity index is 1.71. The molecule has 1 aliphatic rings. The molecule has 2 N–H and O–H groups in total. The summed E-state index contributed by atoms with van der Waals surface area (Å²) in [7, 11) is 0. The second-order valence-corrected chi connectivity index (χ2v) is 5.91. The molecule has 2 aromatic carbocycles. The van der Waals surface area contributed by atoms with E-state index < -0.39 is 0 Å². The van der Waals surface area contributed by atoms with Crippen LogP contribution in [0.4, 0.5) is 17.5 Å². The van der Waals surface area contributed by atoms with Gasteiger partial charge in [0.2, 0.25) is 12.7 Å². The van der Waals surface area contributed by atoms with Crippen LogP contribution in [0.15, 0.2) is 42.5 Å². The molecule has 24 heavy (non-hydrogen) atoms. The average Bonchev–Trinajstić information content (AvgIpc) is 3.02. The minimum atomic E-state index is 0.258. The molecule has 0 bridgehead atoms. The summed E-state index contributed by atoms with van der Waals surface area (Å²) >= 11 is 0. The number of para-hydroxylation sites is 1. The molecule has 0 aliphatic carbocycles. The number of hydrogen-bond acceptors (Lipinski definition) is 6. The van der Waals surface area contributed by atoms with Crippen molar-refractivity contribution >= 4 is 28.4 Å². The van der Waals surface area contributed by atoms with Gasteiger partial charge in [-0.15, -0.1) is 0 Å². The van der Waals surface area contributed by atoms with E-state index in [-0.39, 0.29) is 12.8 Å². The molecule has 0 amide bonds. The Labute approximate surface area is 139 Å². The fraction of sp³-hybridized carbons (Fsp3) is 0.222. The first-order chi connectivity index (χ1) is 11.7. The maximum absolute atomic E-state index is 5.41. The van der Waals surface area contributed by atoms with Crippen LogP contribution in [0.3, 0.4) is 0 Å². The van der Waals surface area contributed by atoms with Crippen molar-refractivity contribution in [2.75, 3.05) is 17.4 Å². The van der Waals surface area contributed by atoms with Gasteiger partial charge in [-0.05, 0) is 38.1 Å². The number of rotatable bonds is 4. The molecule has 1 aliphatic heterocycles. The molecule has 0 atom stereocenters. The lowest BCUT2D eigenvalue weighted by Crippen LogP contribution is -2.12. The minimum absolute atomic E-state index is 0.258. The Morgan fingerprint density at radius 1 is 1.00 bits per heavy atom. The lowest BCUT2D eigenvalue weighted by atomic mass is 10.2. The zero-order valence-electron chi connectivity index (χ0n) is 13.5. The summed E-state index contributed by atoms with van der Waals surface area (Å²) in [5.41, 5.74) is 1.74. The zero-order chi connectivity index (χ0) is 16.5. The van der Waals surface area contributed by atoms with Gasteiger partial charge < -0.3 is 20.1 Å². The Hall–Kier alpha value is -3.02. The predicted molar refractivity (Wildman–Crippen MR) is 94.1 cm³/mol. The molecule has 1 aromatic heterocycles. The Morgan fingerprint density at radius 3 is 2.71 bits per heavy atom. The van der Waals surface area contributed by atoms with E-state index in [0.717, 1.165) is 33.9 Å². The van der Waals surface area contributed by atoms with E-state index in [0.29, 0.717) is 5.95 Å². The van der Waals surface area contributed by atoms with Crippen LogP contribution in [0.2, 0.25) is 0 Å². The van der Waals surface area contributed by atoms with Gasteiger partial charge in [-0.25, -0.2) is 4.98 Å². The van der Waals surface area contributed by atoms with E-state index in [1.807, 2.05) is 42.5 Å². The molecule has 0 saturated heterocycles. The van der Waals surface area contributed by atoms with Gasteiger partial charge in [0.15, 0.2) is 11.5 Å². The lowest BCUT2D eigenvalue weighted by molar-refractivity contribution is 0.174. The molecular weight excluding hydrogens is 304 g/mol. The summed E-state index contributed by atoms with van der Waals surface area (Å²) in [5.74, 6) is 2.83. The van der Waals surface area contributed by atoms with E-state index in [4.69, 9.17) is 9.47 Å². The summed E-state index contributed by atoms with van der Waals surface area (Å²) in [6, 6.07) is 13.9. The second kappa shape index (κ2) is 5.88. The van der Waals surface area contributed by atoms with Crippen molar-refractivity contribution in [2.45, 2.75) is 19.9 Å². The van der Waals surface area contributed by atoms with Crippen LogP contribution in [0.25, 0.3) is 10.9 Å².